The quantitative estimate of drug-likeness (QED) is 0.690. The summed E-state index contributed by atoms with van der Waals surface area (Å²) in [6, 6.07) is 2.20. The van der Waals surface area contributed by atoms with Crippen LogP contribution in [0.5, 0.6) is 0 Å². The van der Waals surface area contributed by atoms with Crippen LogP contribution in [0, 0.1) is 12.7 Å². The number of halogens is 5. The van der Waals surface area contributed by atoms with Gasteiger partial charge in [0.2, 0.25) is 0 Å². The fourth-order valence-corrected chi connectivity index (χ4v) is 3.41. The first-order valence-corrected chi connectivity index (χ1v) is 9.09. The number of nitrogens with one attached hydrogen (secondary N) is 1. The van der Waals surface area contributed by atoms with Crippen molar-refractivity contribution in [3.8, 4) is 0 Å². The minimum absolute atomic E-state index is 0.0962. The van der Waals surface area contributed by atoms with Crippen molar-refractivity contribution in [2.24, 2.45) is 10.7 Å². The minimum Gasteiger partial charge on any atom is -0.454 e. The smallest absolute Gasteiger partial charge is 0.411 e. The molecule has 0 radical (unpaired) electrons. The summed E-state index contributed by atoms with van der Waals surface area (Å²) in [5.41, 5.74) is 4.23. The fourth-order valence-electron chi connectivity index (χ4n) is 3.20. The molecule has 2 atom stereocenters. The van der Waals surface area contributed by atoms with Crippen LogP contribution in [0.2, 0.25) is 5.02 Å². The van der Waals surface area contributed by atoms with Crippen molar-refractivity contribution < 1.29 is 27.1 Å². The number of amides is 1. The van der Waals surface area contributed by atoms with E-state index in [1.54, 1.807) is 13.0 Å². The molecule has 0 fully saturated rings. The van der Waals surface area contributed by atoms with E-state index >= 15 is 0 Å². The highest BCUT2D eigenvalue weighted by Gasteiger charge is 2.49. The van der Waals surface area contributed by atoms with Gasteiger partial charge < -0.3 is 15.8 Å². The van der Waals surface area contributed by atoms with Gasteiger partial charge in [-0.25, -0.2) is 14.4 Å². The van der Waals surface area contributed by atoms with E-state index in [1.807, 2.05) is 0 Å². The monoisotopic (exact) mass is 444 g/mol. The lowest BCUT2D eigenvalue weighted by Crippen LogP contribution is -2.46. The number of carbonyl (C=O) groups is 1. The lowest BCUT2D eigenvalue weighted by molar-refractivity contribution is -0.164. The van der Waals surface area contributed by atoms with Crippen molar-refractivity contribution in [1.82, 2.24) is 4.98 Å². The van der Waals surface area contributed by atoms with Crippen LogP contribution in [0.4, 0.5) is 23.2 Å². The average Bonchev–Trinajstić information content (AvgIpc) is 2.61. The number of aromatic nitrogens is 1. The van der Waals surface area contributed by atoms with E-state index in [4.69, 9.17) is 22.1 Å². The van der Waals surface area contributed by atoms with E-state index in [1.165, 1.54) is 25.3 Å². The number of nitrogens with zero attached hydrogens (tertiary/aromatic N) is 2. The van der Waals surface area contributed by atoms with Crippen LogP contribution in [0.25, 0.3) is 0 Å². The summed E-state index contributed by atoms with van der Waals surface area (Å²) in [7, 11) is 0. The molecule has 160 valence electrons. The van der Waals surface area contributed by atoms with Gasteiger partial charge in [0, 0.05) is 23.9 Å². The van der Waals surface area contributed by atoms with Gasteiger partial charge >= 0.3 is 6.18 Å². The average molecular weight is 445 g/mol. The lowest BCUT2D eigenvalue weighted by atomic mass is 9.87. The second-order valence-electron chi connectivity index (χ2n) is 7.03. The van der Waals surface area contributed by atoms with Crippen LogP contribution in [-0.2, 0) is 10.3 Å². The molecule has 6 nitrogen and oxygen atoms in total. The van der Waals surface area contributed by atoms with Gasteiger partial charge in [0.15, 0.2) is 6.04 Å². The van der Waals surface area contributed by atoms with Gasteiger partial charge in [-0.15, -0.1) is 0 Å². The van der Waals surface area contributed by atoms with Crippen LogP contribution in [0.15, 0.2) is 35.5 Å². The molecule has 3 rings (SSSR count). The van der Waals surface area contributed by atoms with E-state index in [2.05, 4.69) is 15.3 Å². The molecule has 1 aromatic carbocycles. The number of rotatable bonds is 3. The van der Waals surface area contributed by atoms with Crippen LogP contribution in [-0.4, -0.2) is 29.1 Å². The predicted molar refractivity (Wildman–Crippen MR) is 103 cm³/mol. The summed E-state index contributed by atoms with van der Waals surface area (Å²) in [5.74, 6) is -1.40. The first kappa shape index (κ1) is 21.8. The maximum Gasteiger partial charge on any atom is 0.411 e. The van der Waals surface area contributed by atoms with Crippen LogP contribution < -0.4 is 11.1 Å². The number of benzene rings is 1. The molecule has 11 heteroatoms. The lowest BCUT2D eigenvalue weighted by Gasteiger charge is -2.37. The zero-order valence-electron chi connectivity index (χ0n) is 15.8. The molecule has 0 aliphatic carbocycles. The molecule has 0 unspecified atom stereocenters. The first-order valence-electron chi connectivity index (χ1n) is 8.71. The molecule has 1 aliphatic rings. The number of aryl methyl sites for hydroxylation is 1. The van der Waals surface area contributed by atoms with Crippen molar-refractivity contribution in [3.63, 3.8) is 0 Å². The van der Waals surface area contributed by atoms with E-state index in [9.17, 15) is 22.4 Å². The number of hydrogen-bond donors (Lipinski definition) is 2. The maximum atomic E-state index is 14.5. The molecule has 30 heavy (non-hydrogen) atoms. The summed E-state index contributed by atoms with van der Waals surface area (Å²) in [4.78, 5) is 19.7. The zero-order chi connectivity index (χ0) is 22.3. The number of anilines is 1. The van der Waals surface area contributed by atoms with Gasteiger partial charge in [-0.05, 0) is 43.7 Å². The van der Waals surface area contributed by atoms with Gasteiger partial charge in [-0.1, -0.05) is 11.6 Å². The first-order chi connectivity index (χ1) is 13.9. The molecule has 3 N–H and O–H groups in total. The summed E-state index contributed by atoms with van der Waals surface area (Å²) in [6.45, 7) is 2.92. The largest absolute Gasteiger partial charge is 0.454 e. The Bertz CT molecular complexity index is 1030. The summed E-state index contributed by atoms with van der Waals surface area (Å²) >= 11 is 5.83. The van der Waals surface area contributed by atoms with Gasteiger partial charge in [-0.2, -0.15) is 13.2 Å². The third kappa shape index (κ3) is 4.48. The molecule has 2 aromatic rings. The van der Waals surface area contributed by atoms with Gasteiger partial charge in [0.25, 0.3) is 11.9 Å². The highest BCUT2D eigenvalue weighted by atomic mass is 35.5. The molecule has 0 spiro atoms. The Morgan fingerprint density at radius 1 is 1.37 bits per heavy atom. The van der Waals surface area contributed by atoms with Gasteiger partial charge in [0.1, 0.15) is 17.1 Å². The van der Waals surface area contributed by atoms with Crippen molar-refractivity contribution in [3.05, 3.63) is 58.1 Å². The molecule has 0 saturated heterocycles. The van der Waals surface area contributed by atoms with Crippen molar-refractivity contribution in [1.29, 1.82) is 0 Å². The predicted octanol–water partition coefficient (Wildman–Crippen LogP) is 4.32. The molecular weight excluding hydrogens is 428 g/mol. The van der Waals surface area contributed by atoms with Crippen molar-refractivity contribution in [2.45, 2.75) is 38.1 Å². The molecule has 1 amide bonds. The second kappa shape index (κ2) is 7.75. The number of hydrogen-bond acceptors (Lipinski definition) is 5. The standard InChI is InChI=1S/C19H17ClF4N4O2/c1-9-5-10(20)8-26-15(9)16(29)27-11-3-4-13(21)12(6-11)18(2)7-14(19(22,23)24)28-17(25)30-18/h3-6,8,14H,7H2,1-2H3,(H2,25,28)(H,27,29)/t14-,18-/m1/s1. The van der Waals surface area contributed by atoms with Crippen molar-refractivity contribution >= 4 is 29.2 Å². The number of carbonyl (C=O) groups excluding carboxylic acids is 1. The number of alkyl halides is 3. The van der Waals surface area contributed by atoms with E-state index in [0.717, 1.165) is 6.07 Å². The fraction of sp³-hybridized carbons (Fsp3) is 0.316. The number of ether oxygens (including phenoxy) is 1. The normalized spacial score (nSPS) is 21.6. The second-order valence-corrected chi connectivity index (χ2v) is 7.47. The Morgan fingerprint density at radius 2 is 2.07 bits per heavy atom. The maximum absolute atomic E-state index is 14.5. The molecule has 0 bridgehead atoms. The third-order valence-electron chi connectivity index (χ3n) is 4.63. The highest BCUT2D eigenvalue weighted by molar-refractivity contribution is 6.30. The van der Waals surface area contributed by atoms with Crippen molar-refractivity contribution in [2.75, 3.05) is 5.32 Å². The number of nitrogens with two attached hydrogens (primary N) is 1. The van der Waals surface area contributed by atoms with E-state index < -0.39 is 42.0 Å². The molecular formula is C19H17ClF4N4O2. The number of amidine groups is 1. The molecule has 2 heterocycles. The highest BCUT2D eigenvalue weighted by Crippen LogP contribution is 2.41. The molecule has 1 aliphatic heterocycles. The Labute approximate surface area is 174 Å². The summed E-state index contributed by atoms with van der Waals surface area (Å²) in [5, 5.41) is 2.90. The topological polar surface area (TPSA) is 89.6 Å². The number of pyridine rings is 1. The minimum atomic E-state index is -4.67. The van der Waals surface area contributed by atoms with Crippen LogP contribution >= 0.6 is 11.6 Å². The Kier molecular flexibility index (Phi) is 5.64. The van der Waals surface area contributed by atoms with E-state index in [0.29, 0.717) is 10.6 Å². The molecule has 1 aromatic heterocycles. The number of aliphatic imine (C=N–C) groups is 1. The summed E-state index contributed by atoms with van der Waals surface area (Å²) < 4.78 is 59.4. The van der Waals surface area contributed by atoms with Crippen LogP contribution in [0.3, 0.4) is 0 Å². The SMILES string of the molecule is Cc1cc(Cl)cnc1C(=O)Nc1ccc(F)c([C@@]2(C)C[C@H](C(F)(F)F)N=C(N)O2)c1. The Hall–Kier alpha value is -2.88. The summed E-state index contributed by atoms with van der Waals surface area (Å²) in [6.07, 6.45) is -4.05. The van der Waals surface area contributed by atoms with Crippen LogP contribution in [0.1, 0.15) is 35.0 Å². The van der Waals surface area contributed by atoms with E-state index in [-0.39, 0.29) is 16.9 Å². The third-order valence-corrected chi connectivity index (χ3v) is 4.83. The van der Waals surface area contributed by atoms with Gasteiger partial charge in [-0.3, -0.25) is 4.79 Å². The molecule has 0 saturated carbocycles. The Morgan fingerprint density at radius 3 is 2.70 bits per heavy atom. The zero-order valence-corrected chi connectivity index (χ0v) is 16.6. The Balaban J connectivity index is 1.92. The van der Waals surface area contributed by atoms with Gasteiger partial charge in [0.05, 0.1) is 5.02 Å².